The first-order chi connectivity index (χ1) is 9.33. The molecule has 19 heavy (non-hydrogen) atoms. The molecular formula is C15H19N3O. The molecule has 1 aromatic carbocycles. The van der Waals surface area contributed by atoms with E-state index in [-0.39, 0.29) is 0 Å². The molecule has 4 nitrogen and oxygen atoms in total. The third-order valence-electron chi connectivity index (χ3n) is 2.82. The maximum atomic E-state index is 5.16. The van der Waals surface area contributed by atoms with Crippen LogP contribution in [0.4, 0.5) is 5.95 Å². The summed E-state index contributed by atoms with van der Waals surface area (Å²) in [6, 6.07) is 12.1. The van der Waals surface area contributed by atoms with Gasteiger partial charge < -0.3 is 9.64 Å². The number of nitrogens with zero attached hydrogens (tertiary/aromatic N) is 3. The lowest BCUT2D eigenvalue weighted by atomic mass is 10.2. The molecule has 0 atom stereocenters. The van der Waals surface area contributed by atoms with E-state index in [1.807, 2.05) is 18.2 Å². The Hall–Kier alpha value is -2.10. The van der Waals surface area contributed by atoms with Crippen LogP contribution in [0.2, 0.25) is 0 Å². The van der Waals surface area contributed by atoms with Gasteiger partial charge in [0.05, 0.1) is 7.11 Å². The average Bonchev–Trinajstić information content (AvgIpc) is 2.48. The highest BCUT2D eigenvalue weighted by molar-refractivity contribution is 5.34. The summed E-state index contributed by atoms with van der Waals surface area (Å²) in [5.74, 6) is 1.31. The van der Waals surface area contributed by atoms with Crippen molar-refractivity contribution < 1.29 is 4.74 Å². The third kappa shape index (κ3) is 3.68. The zero-order chi connectivity index (χ0) is 13.5. The molecule has 0 saturated carbocycles. The number of rotatable bonds is 6. The second-order valence-electron chi connectivity index (χ2n) is 4.31. The lowest BCUT2D eigenvalue weighted by Crippen LogP contribution is -2.25. The molecule has 1 heterocycles. The summed E-state index contributed by atoms with van der Waals surface area (Å²) in [6.45, 7) is 3.88. The molecule has 100 valence electrons. The van der Waals surface area contributed by atoms with Crippen LogP contribution in [0, 0.1) is 0 Å². The van der Waals surface area contributed by atoms with Crippen molar-refractivity contribution in [3.05, 3.63) is 48.2 Å². The van der Waals surface area contributed by atoms with Crippen LogP contribution >= 0.6 is 0 Å². The van der Waals surface area contributed by atoms with Crippen molar-refractivity contribution in [2.24, 2.45) is 0 Å². The Labute approximate surface area is 114 Å². The summed E-state index contributed by atoms with van der Waals surface area (Å²) in [5, 5.41) is 0. The highest BCUT2D eigenvalue weighted by atomic mass is 16.5. The van der Waals surface area contributed by atoms with Crippen LogP contribution in [0.15, 0.2) is 42.6 Å². The molecule has 0 amide bonds. The predicted octanol–water partition coefficient (Wildman–Crippen LogP) is 2.90. The minimum Gasteiger partial charge on any atom is -0.481 e. The topological polar surface area (TPSA) is 38.2 Å². The van der Waals surface area contributed by atoms with Gasteiger partial charge in [-0.15, -0.1) is 0 Å². The Morgan fingerprint density at radius 1 is 1.16 bits per heavy atom. The first-order valence-corrected chi connectivity index (χ1v) is 6.49. The van der Waals surface area contributed by atoms with E-state index >= 15 is 0 Å². The summed E-state index contributed by atoms with van der Waals surface area (Å²) in [6.07, 6.45) is 2.78. The minimum atomic E-state index is 0.596. The molecule has 2 rings (SSSR count). The Bertz CT molecular complexity index is 502. The van der Waals surface area contributed by atoms with Gasteiger partial charge in [0.25, 0.3) is 0 Å². The first kappa shape index (κ1) is 13.3. The van der Waals surface area contributed by atoms with Gasteiger partial charge in [-0.2, -0.15) is 4.98 Å². The largest absolute Gasteiger partial charge is 0.481 e. The number of hydrogen-bond acceptors (Lipinski definition) is 4. The summed E-state index contributed by atoms with van der Waals surface area (Å²) >= 11 is 0. The standard InChI is InChI=1S/C15H19N3O/c1-3-11-18(12-13-7-5-4-6-8-13)15-16-10-9-14(17-15)19-2/h4-10H,3,11-12H2,1-2H3. The van der Waals surface area contributed by atoms with Crippen molar-refractivity contribution in [3.8, 4) is 5.88 Å². The smallest absolute Gasteiger partial charge is 0.228 e. The van der Waals surface area contributed by atoms with Crippen LogP contribution in [-0.2, 0) is 6.54 Å². The number of benzene rings is 1. The average molecular weight is 257 g/mol. The molecular weight excluding hydrogens is 238 g/mol. The van der Waals surface area contributed by atoms with Crippen molar-refractivity contribution >= 4 is 5.95 Å². The van der Waals surface area contributed by atoms with Gasteiger partial charge in [-0.05, 0) is 12.0 Å². The van der Waals surface area contributed by atoms with Gasteiger partial charge in [-0.3, -0.25) is 0 Å². The number of ether oxygens (including phenoxy) is 1. The van der Waals surface area contributed by atoms with E-state index < -0.39 is 0 Å². The van der Waals surface area contributed by atoms with E-state index in [1.54, 1.807) is 19.4 Å². The van der Waals surface area contributed by atoms with E-state index in [0.29, 0.717) is 11.8 Å². The number of hydrogen-bond donors (Lipinski definition) is 0. The number of methoxy groups -OCH3 is 1. The minimum absolute atomic E-state index is 0.596. The van der Waals surface area contributed by atoms with Crippen molar-refractivity contribution in [2.75, 3.05) is 18.6 Å². The van der Waals surface area contributed by atoms with Crippen LogP contribution in [0.3, 0.4) is 0 Å². The SMILES string of the molecule is CCCN(Cc1ccccc1)c1nccc(OC)n1. The summed E-state index contributed by atoms with van der Waals surface area (Å²) in [4.78, 5) is 10.9. The van der Waals surface area contributed by atoms with Gasteiger partial charge in [-0.25, -0.2) is 4.98 Å². The molecule has 0 fully saturated rings. The summed E-state index contributed by atoms with van der Waals surface area (Å²) in [7, 11) is 1.62. The lowest BCUT2D eigenvalue weighted by Gasteiger charge is -2.22. The molecule has 1 aromatic heterocycles. The molecule has 0 aliphatic heterocycles. The molecule has 0 N–H and O–H groups in total. The van der Waals surface area contributed by atoms with Crippen molar-refractivity contribution in [2.45, 2.75) is 19.9 Å². The van der Waals surface area contributed by atoms with Gasteiger partial charge in [0, 0.05) is 25.4 Å². The van der Waals surface area contributed by atoms with Crippen LogP contribution in [0.5, 0.6) is 5.88 Å². The molecule has 0 radical (unpaired) electrons. The second kappa shape index (κ2) is 6.73. The second-order valence-corrected chi connectivity index (χ2v) is 4.31. The monoisotopic (exact) mass is 257 g/mol. The maximum Gasteiger partial charge on any atom is 0.228 e. The fourth-order valence-electron chi connectivity index (χ4n) is 1.92. The lowest BCUT2D eigenvalue weighted by molar-refractivity contribution is 0.396. The fraction of sp³-hybridized carbons (Fsp3) is 0.333. The van der Waals surface area contributed by atoms with E-state index in [2.05, 4.69) is 33.9 Å². The Kier molecular flexibility index (Phi) is 4.72. The van der Waals surface area contributed by atoms with Gasteiger partial charge in [-0.1, -0.05) is 37.3 Å². The van der Waals surface area contributed by atoms with Crippen LogP contribution in [0.25, 0.3) is 0 Å². The molecule has 0 saturated heterocycles. The zero-order valence-electron chi connectivity index (χ0n) is 11.4. The molecule has 4 heteroatoms. The van der Waals surface area contributed by atoms with Gasteiger partial charge in [0.15, 0.2) is 0 Å². The first-order valence-electron chi connectivity index (χ1n) is 6.49. The third-order valence-corrected chi connectivity index (χ3v) is 2.82. The quantitative estimate of drug-likeness (QED) is 0.797. The maximum absolute atomic E-state index is 5.16. The van der Waals surface area contributed by atoms with Crippen molar-refractivity contribution in [1.82, 2.24) is 9.97 Å². The normalized spacial score (nSPS) is 10.2. The molecule has 0 spiro atoms. The van der Waals surface area contributed by atoms with Crippen LogP contribution < -0.4 is 9.64 Å². The van der Waals surface area contributed by atoms with Crippen molar-refractivity contribution in [1.29, 1.82) is 0 Å². The Morgan fingerprint density at radius 2 is 1.95 bits per heavy atom. The van der Waals surface area contributed by atoms with E-state index in [4.69, 9.17) is 4.74 Å². The molecule has 0 bridgehead atoms. The molecule has 2 aromatic rings. The summed E-state index contributed by atoms with van der Waals surface area (Å²) < 4.78 is 5.16. The fourth-order valence-corrected chi connectivity index (χ4v) is 1.92. The van der Waals surface area contributed by atoms with Gasteiger partial charge >= 0.3 is 0 Å². The summed E-state index contributed by atoms with van der Waals surface area (Å²) in [5.41, 5.74) is 1.25. The number of aromatic nitrogens is 2. The van der Waals surface area contributed by atoms with Crippen molar-refractivity contribution in [3.63, 3.8) is 0 Å². The van der Waals surface area contributed by atoms with E-state index in [0.717, 1.165) is 19.5 Å². The van der Waals surface area contributed by atoms with E-state index in [9.17, 15) is 0 Å². The Morgan fingerprint density at radius 3 is 2.63 bits per heavy atom. The Balaban J connectivity index is 2.19. The van der Waals surface area contributed by atoms with Gasteiger partial charge in [0.2, 0.25) is 11.8 Å². The molecule has 0 aliphatic carbocycles. The van der Waals surface area contributed by atoms with E-state index in [1.165, 1.54) is 5.56 Å². The predicted molar refractivity (Wildman–Crippen MR) is 76.4 cm³/mol. The van der Waals surface area contributed by atoms with Crippen LogP contribution in [0.1, 0.15) is 18.9 Å². The highest BCUT2D eigenvalue weighted by Crippen LogP contribution is 2.15. The zero-order valence-corrected chi connectivity index (χ0v) is 11.4. The van der Waals surface area contributed by atoms with Gasteiger partial charge in [0.1, 0.15) is 0 Å². The van der Waals surface area contributed by atoms with Crippen LogP contribution in [-0.4, -0.2) is 23.6 Å². The number of anilines is 1. The molecule has 0 aliphatic rings. The highest BCUT2D eigenvalue weighted by Gasteiger charge is 2.10. The molecule has 0 unspecified atom stereocenters.